The second-order valence-corrected chi connectivity index (χ2v) is 6.55. The monoisotopic (exact) mass is 314 g/mol. The van der Waals surface area contributed by atoms with Crippen molar-refractivity contribution >= 4 is 16.0 Å². The molecule has 2 N–H and O–H groups in total. The van der Waals surface area contributed by atoms with Gasteiger partial charge in [0.25, 0.3) is 0 Å². The summed E-state index contributed by atoms with van der Waals surface area (Å²) in [5.74, 6) is -1.08. The van der Waals surface area contributed by atoms with Crippen LogP contribution in [0, 0.1) is 0 Å². The highest BCUT2D eigenvalue weighted by atomic mass is 32.2. The van der Waals surface area contributed by atoms with E-state index in [2.05, 4.69) is 9.62 Å². The van der Waals surface area contributed by atoms with Gasteiger partial charge in [0.1, 0.15) is 0 Å². The molecule has 1 rings (SSSR count). The predicted octanol–water partition coefficient (Wildman–Crippen LogP) is 1.39. The lowest BCUT2D eigenvalue weighted by molar-refractivity contribution is 0.0696. The van der Waals surface area contributed by atoms with Crippen molar-refractivity contribution in [2.24, 2.45) is 0 Å². The van der Waals surface area contributed by atoms with Crippen molar-refractivity contribution in [2.45, 2.75) is 31.7 Å². The molecule has 0 spiro atoms. The quantitative estimate of drug-likeness (QED) is 0.757. The van der Waals surface area contributed by atoms with Gasteiger partial charge in [0.15, 0.2) is 0 Å². The van der Waals surface area contributed by atoms with Gasteiger partial charge < -0.3 is 10.0 Å². The van der Waals surface area contributed by atoms with Crippen molar-refractivity contribution < 1.29 is 18.3 Å². The van der Waals surface area contributed by atoms with Gasteiger partial charge in [-0.1, -0.05) is 13.8 Å². The van der Waals surface area contributed by atoms with Gasteiger partial charge in [-0.15, -0.1) is 0 Å². The average Bonchev–Trinajstić information content (AvgIpc) is 2.44. The minimum Gasteiger partial charge on any atom is -0.478 e. The van der Waals surface area contributed by atoms with Crippen molar-refractivity contribution in [1.29, 1.82) is 0 Å². The molecule has 0 radical (unpaired) electrons. The first-order chi connectivity index (χ1) is 9.80. The normalized spacial score (nSPS) is 13.3. The molecule has 1 aromatic rings. The van der Waals surface area contributed by atoms with Crippen LogP contribution in [0.4, 0.5) is 0 Å². The molecule has 0 saturated carbocycles. The molecule has 1 atom stereocenters. The highest BCUT2D eigenvalue weighted by molar-refractivity contribution is 7.89. The van der Waals surface area contributed by atoms with Gasteiger partial charge in [-0.05, 0) is 44.3 Å². The first kappa shape index (κ1) is 17.6. The number of carboxylic acids is 1. The van der Waals surface area contributed by atoms with Gasteiger partial charge >= 0.3 is 5.97 Å². The van der Waals surface area contributed by atoms with E-state index in [0.29, 0.717) is 6.54 Å². The van der Waals surface area contributed by atoms with E-state index < -0.39 is 16.0 Å². The molecule has 1 unspecified atom stereocenters. The van der Waals surface area contributed by atoms with Crippen molar-refractivity contribution in [3.8, 4) is 0 Å². The van der Waals surface area contributed by atoms with E-state index >= 15 is 0 Å². The van der Waals surface area contributed by atoms with Crippen LogP contribution in [0.15, 0.2) is 29.2 Å². The van der Waals surface area contributed by atoms with Gasteiger partial charge in [-0.3, -0.25) is 0 Å². The zero-order chi connectivity index (χ0) is 16.0. The second kappa shape index (κ2) is 7.53. The van der Waals surface area contributed by atoms with Gasteiger partial charge in [-0.2, -0.15) is 0 Å². The van der Waals surface area contributed by atoms with Crippen LogP contribution in [-0.2, 0) is 10.0 Å². The van der Waals surface area contributed by atoms with Crippen LogP contribution in [0.1, 0.15) is 31.1 Å². The molecule has 0 aliphatic heterocycles. The molecule has 118 valence electrons. The third-order valence-electron chi connectivity index (χ3n) is 3.19. The summed E-state index contributed by atoms with van der Waals surface area (Å²) >= 11 is 0. The first-order valence-electron chi connectivity index (χ1n) is 6.88. The van der Waals surface area contributed by atoms with Gasteiger partial charge in [0, 0.05) is 12.6 Å². The fourth-order valence-electron chi connectivity index (χ4n) is 2.02. The SMILES string of the molecule is CCN(CC)CC(C)NS(=O)(=O)c1ccc(C(=O)O)cc1. The summed E-state index contributed by atoms with van der Waals surface area (Å²) in [4.78, 5) is 13.0. The number of carboxylic acid groups (broad SMARTS) is 1. The zero-order valence-electron chi connectivity index (χ0n) is 12.5. The fourth-order valence-corrected chi connectivity index (χ4v) is 3.25. The number of hydrogen-bond donors (Lipinski definition) is 2. The van der Waals surface area contributed by atoms with E-state index in [9.17, 15) is 13.2 Å². The maximum Gasteiger partial charge on any atom is 0.335 e. The number of nitrogens with zero attached hydrogens (tertiary/aromatic N) is 1. The molecule has 0 fully saturated rings. The number of rotatable bonds is 8. The maximum absolute atomic E-state index is 12.2. The first-order valence-corrected chi connectivity index (χ1v) is 8.36. The summed E-state index contributed by atoms with van der Waals surface area (Å²) in [7, 11) is -3.63. The van der Waals surface area contributed by atoms with Crippen LogP contribution in [-0.4, -0.2) is 50.1 Å². The van der Waals surface area contributed by atoms with E-state index in [-0.39, 0.29) is 16.5 Å². The summed E-state index contributed by atoms with van der Waals surface area (Å²) < 4.78 is 27.0. The van der Waals surface area contributed by atoms with E-state index in [1.807, 2.05) is 20.8 Å². The Bertz CT molecular complexity index is 565. The van der Waals surface area contributed by atoms with E-state index in [1.165, 1.54) is 24.3 Å². The number of sulfonamides is 1. The molecule has 21 heavy (non-hydrogen) atoms. The Kier molecular flexibility index (Phi) is 6.32. The summed E-state index contributed by atoms with van der Waals surface area (Å²) in [6, 6.07) is 4.94. The van der Waals surface area contributed by atoms with Crippen LogP contribution in [0.2, 0.25) is 0 Å². The highest BCUT2D eigenvalue weighted by Crippen LogP contribution is 2.11. The smallest absolute Gasteiger partial charge is 0.335 e. The fraction of sp³-hybridized carbons (Fsp3) is 0.500. The number of carbonyl (C=O) groups is 1. The largest absolute Gasteiger partial charge is 0.478 e. The summed E-state index contributed by atoms with van der Waals surface area (Å²) in [6.07, 6.45) is 0. The van der Waals surface area contributed by atoms with Crippen molar-refractivity contribution in [3.63, 3.8) is 0 Å². The van der Waals surface area contributed by atoms with Crippen molar-refractivity contribution in [1.82, 2.24) is 9.62 Å². The molecule has 0 aromatic heterocycles. The van der Waals surface area contributed by atoms with Gasteiger partial charge in [-0.25, -0.2) is 17.9 Å². The van der Waals surface area contributed by atoms with Crippen LogP contribution < -0.4 is 4.72 Å². The molecule has 6 nitrogen and oxygen atoms in total. The number of benzene rings is 1. The molecule has 1 aromatic carbocycles. The standard InChI is InChI=1S/C14H22N2O4S/c1-4-16(5-2)10-11(3)15-21(19,20)13-8-6-12(7-9-13)14(17)18/h6-9,11,15H,4-5,10H2,1-3H3,(H,17,18). The third kappa shape index (κ3) is 5.11. The van der Waals surface area contributed by atoms with Crippen LogP contribution in [0.25, 0.3) is 0 Å². The second-order valence-electron chi connectivity index (χ2n) is 4.84. The van der Waals surface area contributed by atoms with E-state index in [0.717, 1.165) is 13.1 Å². The molecule has 0 heterocycles. The molecule has 0 aliphatic carbocycles. The van der Waals surface area contributed by atoms with Crippen molar-refractivity contribution in [3.05, 3.63) is 29.8 Å². The molecule has 0 bridgehead atoms. The van der Waals surface area contributed by atoms with Crippen LogP contribution >= 0.6 is 0 Å². The Hall–Kier alpha value is -1.44. The molecular weight excluding hydrogens is 292 g/mol. The lowest BCUT2D eigenvalue weighted by Gasteiger charge is -2.23. The molecule has 0 amide bonds. The predicted molar refractivity (Wildman–Crippen MR) is 81.0 cm³/mol. The lowest BCUT2D eigenvalue weighted by Crippen LogP contribution is -2.41. The Balaban J connectivity index is 2.79. The minimum atomic E-state index is -3.63. The van der Waals surface area contributed by atoms with Gasteiger partial charge in [0.2, 0.25) is 10.0 Å². The topological polar surface area (TPSA) is 86.7 Å². The summed E-state index contributed by atoms with van der Waals surface area (Å²) in [6.45, 7) is 8.19. The van der Waals surface area contributed by atoms with Crippen molar-refractivity contribution in [2.75, 3.05) is 19.6 Å². The number of likely N-dealkylation sites (N-methyl/N-ethyl adjacent to an activating group) is 1. The highest BCUT2D eigenvalue weighted by Gasteiger charge is 2.18. The van der Waals surface area contributed by atoms with E-state index in [1.54, 1.807) is 0 Å². The Labute approximate surface area is 125 Å². The number of nitrogens with one attached hydrogen (secondary N) is 1. The summed E-state index contributed by atoms with van der Waals surface area (Å²) in [5, 5.41) is 8.81. The average molecular weight is 314 g/mol. The Morgan fingerprint density at radius 2 is 1.76 bits per heavy atom. The lowest BCUT2D eigenvalue weighted by atomic mass is 10.2. The molecule has 7 heteroatoms. The van der Waals surface area contributed by atoms with E-state index in [4.69, 9.17) is 5.11 Å². The zero-order valence-corrected chi connectivity index (χ0v) is 13.4. The molecule has 0 aliphatic rings. The Morgan fingerprint density at radius 1 is 1.24 bits per heavy atom. The Morgan fingerprint density at radius 3 is 2.19 bits per heavy atom. The van der Waals surface area contributed by atoms with Crippen LogP contribution in [0.3, 0.4) is 0 Å². The molecular formula is C14H22N2O4S. The van der Waals surface area contributed by atoms with Gasteiger partial charge in [0.05, 0.1) is 10.5 Å². The number of hydrogen-bond acceptors (Lipinski definition) is 4. The minimum absolute atomic E-state index is 0.0603. The molecule has 0 saturated heterocycles. The maximum atomic E-state index is 12.2. The summed E-state index contributed by atoms with van der Waals surface area (Å²) in [5.41, 5.74) is 0.0603. The number of aromatic carboxylic acids is 1. The third-order valence-corrected chi connectivity index (χ3v) is 4.80. The van der Waals surface area contributed by atoms with Crippen LogP contribution in [0.5, 0.6) is 0 Å².